The summed E-state index contributed by atoms with van der Waals surface area (Å²) < 4.78 is 52.0. The number of aromatic nitrogens is 5. The van der Waals surface area contributed by atoms with Crippen LogP contribution in [0.3, 0.4) is 0 Å². The lowest BCUT2D eigenvalue weighted by Gasteiger charge is -2.14. The van der Waals surface area contributed by atoms with Crippen molar-refractivity contribution in [3.63, 3.8) is 0 Å². The number of halogens is 4. The Labute approximate surface area is 173 Å². The topological polar surface area (TPSA) is 74.4 Å². The highest BCUT2D eigenvalue weighted by atomic mass is 35.5. The van der Waals surface area contributed by atoms with Crippen molar-refractivity contribution in [2.75, 3.05) is 6.61 Å². The molecule has 0 saturated heterocycles. The molecule has 4 rings (SSSR count). The van der Waals surface area contributed by atoms with Crippen LogP contribution < -0.4 is 9.47 Å². The number of benzene rings is 1. The molecule has 0 radical (unpaired) electrons. The summed E-state index contributed by atoms with van der Waals surface area (Å²) >= 11 is 5.90. The van der Waals surface area contributed by atoms with Gasteiger partial charge in [-0.15, -0.1) is 15.3 Å². The average Bonchev–Trinajstić information content (AvgIpc) is 3.09. The Morgan fingerprint density at radius 3 is 2.53 bits per heavy atom. The van der Waals surface area contributed by atoms with Crippen molar-refractivity contribution >= 4 is 17.2 Å². The monoisotopic (exact) mass is 435 g/mol. The minimum absolute atomic E-state index is 0.00423. The van der Waals surface area contributed by atoms with Crippen LogP contribution in [-0.2, 0) is 6.18 Å². The standard InChI is InChI=1S/C19H13ClF3N5O2/c1-2-29-16-7-3-11(10-24-16)13-5-4-12(19(21,22)23)9-14(13)30-17-8-6-15-25-26-18(20)28(15)27-17/h3-10H,2H2,1H3. The van der Waals surface area contributed by atoms with Crippen molar-refractivity contribution in [3.05, 3.63) is 59.5 Å². The Kier molecular flexibility index (Phi) is 5.17. The molecule has 3 aromatic heterocycles. The Balaban J connectivity index is 1.77. The van der Waals surface area contributed by atoms with Gasteiger partial charge in [-0.1, -0.05) is 0 Å². The number of hydrogen-bond donors (Lipinski definition) is 0. The van der Waals surface area contributed by atoms with Crippen molar-refractivity contribution in [1.82, 2.24) is 24.8 Å². The number of ether oxygens (including phenoxy) is 2. The van der Waals surface area contributed by atoms with Crippen molar-refractivity contribution in [2.45, 2.75) is 13.1 Å². The second-order valence-corrected chi connectivity index (χ2v) is 6.38. The molecule has 0 aliphatic carbocycles. The minimum atomic E-state index is -4.54. The maximum atomic E-state index is 13.3. The van der Waals surface area contributed by atoms with E-state index in [1.807, 2.05) is 6.92 Å². The highest BCUT2D eigenvalue weighted by molar-refractivity contribution is 6.28. The van der Waals surface area contributed by atoms with E-state index in [4.69, 9.17) is 21.1 Å². The number of pyridine rings is 1. The zero-order chi connectivity index (χ0) is 21.3. The molecule has 30 heavy (non-hydrogen) atoms. The molecule has 11 heteroatoms. The van der Waals surface area contributed by atoms with Gasteiger partial charge in [-0.05, 0) is 48.9 Å². The number of hydrogen-bond acceptors (Lipinski definition) is 6. The van der Waals surface area contributed by atoms with Gasteiger partial charge >= 0.3 is 6.18 Å². The van der Waals surface area contributed by atoms with Gasteiger partial charge in [-0.2, -0.15) is 17.7 Å². The summed E-state index contributed by atoms with van der Waals surface area (Å²) in [7, 11) is 0. The van der Waals surface area contributed by atoms with E-state index in [2.05, 4.69) is 20.3 Å². The molecule has 0 aliphatic rings. The highest BCUT2D eigenvalue weighted by Crippen LogP contribution is 2.38. The third-order valence-electron chi connectivity index (χ3n) is 4.06. The molecule has 3 heterocycles. The van der Waals surface area contributed by atoms with Crippen LogP contribution in [0, 0.1) is 0 Å². The lowest BCUT2D eigenvalue weighted by atomic mass is 10.0. The van der Waals surface area contributed by atoms with E-state index in [0.29, 0.717) is 29.3 Å². The molecular weight excluding hydrogens is 423 g/mol. The summed E-state index contributed by atoms with van der Waals surface area (Å²) in [5, 5.41) is 11.6. The molecule has 0 fully saturated rings. The molecule has 0 saturated carbocycles. The van der Waals surface area contributed by atoms with Crippen molar-refractivity contribution < 1.29 is 22.6 Å². The van der Waals surface area contributed by atoms with Crippen molar-refractivity contribution in [2.24, 2.45) is 0 Å². The first-order valence-corrected chi connectivity index (χ1v) is 9.09. The van der Waals surface area contributed by atoms with E-state index in [-0.39, 0.29) is 16.9 Å². The molecule has 0 aliphatic heterocycles. The molecule has 0 amide bonds. The van der Waals surface area contributed by atoms with Gasteiger partial charge in [0.25, 0.3) is 0 Å². The summed E-state index contributed by atoms with van der Waals surface area (Å²) in [5.74, 6) is 0.375. The first kappa shape index (κ1) is 19.9. The largest absolute Gasteiger partial charge is 0.478 e. The van der Waals surface area contributed by atoms with Gasteiger partial charge in [0, 0.05) is 29.5 Å². The third kappa shape index (κ3) is 3.99. The SMILES string of the molecule is CCOc1ccc(-c2ccc(C(F)(F)F)cc2Oc2ccc3nnc(Cl)n3n2)cn1. The molecule has 4 aromatic rings. The Morgan fingerprint density at radius 1 is 1.03 bits per heavy atom. The number of alkyl halides is 3. The maximum absolute atomic E-state index is 13.3. The van der Waals surface area contributed by atoms with Gasteiger partial charge in [0.05, 0.1) is 12.2 Å². The molecule has 0 bridgehead atoms. The van der Waals surface area contributed by atoms with Crippen molar-refractivity contribution in [1.29, 1.82) is 0 Å². The van der Waals surface area contributed by atoms with Crippen LogP contribution in [0.15, 0.2) is 48.7 Å². The highest BCUT2D eigenvalue weighted by Gasteiger charge is 2.31. The zero-order valence-corrected chi connectivity index (χ0v) is 16.1. The number of nitrogens with zero attached hydrogens (tertiary/aromatic N) is 5. The van der Waals surface area contributed by atoms with E-state index in [9.17, 15) is 13.2 Å². The smallest absolute Gasteiger partial charge is 0.416 e. The predicted molar refractivity (Wildman–Crippen MR) is 102 cm³/mol. The normalized spacial score (nSPS) is 11.6. The van der Waals surface area contributed by atoms with Crippen LogP contribution in [0.1, 0.15) is 12.5 Å². The fourth-order valence-corrected chi connectivity index (χ4v) is 2.87. The summed E-state index contributed by atoms with van der Waals surface area (Å²) in [4.78, 5) is 4.16. The van der Waals surface area contributed by atoms with E-state index in [0.717, 1.165) is 12.1 Å². The molecule has 154 valence electrons. The van der Waals surface area contributed by atoms with Crippen LogP contribution in [0.5, 0.6) is 17.5 Å². The van der Waals surface area contributed by atoms with Crippen LogP contribution in [-0.4, -0.2) is 31.4 Å². The Morgan fingerprint density at radius 2 is 1.83 bits per heavy atom. The van der Waals surface area contributed by atoms with Gasteiger partial charge < -0.3 is 9.47 Å². The quantitative estimate of drug-likeness (QED) is 0.436. The number of rotatable bonds is 5. The van der Waals surface area contributed by atoms with Gasteiger partial charge in [-0.3, -0.25) is 0 Å². The lowest BCUT2D eigenvalue weighted by Crippen LogP contribution is -2.05. The molecule has 0 spiro atoms. The van der Waals surface area contributed by atoms with Gasteiger partial charge in [-0.25, -0.2) is 4.98 Å². The molecular formula is C19H13ClF3N5O2. The summed E-state index contributed by atoms with van der Waals surface area (Å²) in [6.07, 6.45) is -3.05. The average molecular weight is 436 g/mol. The predicted octanol–water partition coefficient (Wildman–Crippen LogP) is 5.05. The fraction of sp³-hybridized carbons (Fsp3) is 0.158. The van der Waals surface area contributed by atoms with Crippen molar-refractivity contribution in [3.8, 4) is 28.6 Å². The maximum Gasteiger partial charge on any atom is 0.416 e. The first-order chi connectivity index (χ1) is 14.3. The number of fused-ring (bicyclic) bond motifs is 1. The summed E-state index contributed by atoms with van der Waals surface area (Å²) in [6.45, 7) is 2.27. The Hall–Kier alpha value is -3.40. The molecule has 0 atom stereocenters. The van der Waals surface area contributed by atoms with E-state index in [1.54, 1.807) is 12.1 Å². The Bertz CT molecular complexity index is 1200. The molecule has 1 aromatic carbocycles. The van der Waals surface area contributed by atoms with Crippen LogP contribution in [0.2, 0.25) is 5.28 Å². The summed E-state index contributed by atoms with van der Waals surface area (Å²) in [5.41, 5.74) is 0.455. The van der Waals surface area contributed by atoms with E-state index >= 15 is 0 Å². The first-order valence-electron chi connectivity index (χ1n) is 8.71. The van der Waals surface area contributed by atoms with Gasteiger partial charge in [0.15, 0.2) is 5.65 Å². The van der Waals surface area contributed by atoms with E-state index in [1.165, 1.54) is 28.9 Å². The van der Waals surface area contributed by atoms with Crippen LogP contribution in [0.25, 0.3) is 16.8 Å². The lowest BCUT2D eigenvalue weighted by molar-refractivity contribution is -0.137. The van der Waals surface area contributed by atoms with Crippen LogP contribution in [0.4, 0.5) is 13.2 Å². The van der Waals surface area contributed by atoms with Crippen LogP contribution >= 0.6 is 11.6 Å². The zero-order valence-electron chi connectivity index (χ0n) is 15.4. The molecule has 0 unspecified atom stereocenters. The third-order valence-corrected chi connectivity index (χ3v) is 4.30. The molecule has 7 nitrogen and oxygen atoms in total. The second-order valence-electron chi connectivity index (χ2n) is 6.04. The van der Waals surface area contributed by atoms with Gasteiger partial charge in [0.1, 0.15) is 5.75 Å². The van der Waals surface area contributed by atoms with E-state index < -0.39 is 11.7 Å². The van der Waals surface area contributed by atoms with Gasteiger partial charge in [0.2, 0.25) is 17.0 Å². The fourth-order valence-electron chi connectivity index (χ4n) is 2.71. The second kappa shape index (κ2) is 7.79. The summed E-state index contributed by atoms with van der Waals surface area (Å²) in [6, 6.07) is 9.51. The molecule has 0 N–H and O–H groups in total. The minimum Gasteiger partial charge on any atom is -0.478 e.